The number of benzene rings is 1. The number of aromatic amines is 1. The Kier molecular flexibility index (Phi) is 3.83. The first kappa shape index (κ1) is 15.6. The Morgan fingerprint density at radius 1 is 1.32 bits per heavy atom. The van der Waals surface area contributed by atoms with Crippen LogP contribution in [-0.2, 0) is 0 Å². The normalized spacial score (nSPS) is 17.8. The van der Waals surface area contributed by atoms with E-state index in [0.717, 1.165) is 48.3 Å². The molecule has 0 saturated carbocycles. The average Bonchev–Trinajstić information content (AvgIpc) is 3.12. The molecule has 128 valence electrons. The van der Waals surface area contributed by atoms with Crippen LogP contribution in [0, 0.1) is 6.92 Å². The van der Waals surface area contributed by atoms with Crippen molar-refractivity contribution >= 4 is 22.6 Å². The van der Waals surface area contributed by atoms with Crippen LogP contribution in [-0.4, -0.2) is 39.2 Å². The summed E-state index contributed by atoms with van der Waals surface area (Å²) in [6.07, 6.45) is 3.71. The first-order valence-corrected chi connectivity index (χ1v) is 8.43. The Bertz CT molecular complexity index is 934. The smallest absolute Gasteiger partial charge is 0.269 e. The number of primary amides is 1. The minimum absolute atomic E-state index is 0.268. The zero-order valence-corrected chi connectivity index (χ0v) is 14.1. The molecule has 4 rings (SSSR count). The standard InChI is InChI=1S/C18H20N6O/c1-11-4-5-14-13(7-11)18(21-10-20-14)24-6-2-3-12(9-24)15-8-16(17(19)25)23-22-15/h4-5,7-8,10,12H,2-3,6,9H2,1H3,(H2,19,25)(H,22,23). The number of aryl methyl sites for hydroxylation is 1. The highest BCUT2D eigenvalue weighted by Crippen LogP contribution is 2.31. The average molecular weight is 336 g/mol. The fraction of sp³-hybridized carbons (Fsp3) is 0.333. The van der Waals surface area contributed by atoms with Gasteiger partial charge in [-0.3, -0.25) is 9.89 Å². The minimum Gasteiger partial charge on any atom is -0.364 e. The summed E-state index contributed by atoms with van der Waals surface area (Å²) in [7, 11) is 0. The molecule has 3 aromatic rings. The van der Waals surface area contributed by atoms with Gasteiger partial charge in [0.05, 0.1) is 5.52 Å². The van der Waals surface area contributed by atoms with Crippen molar-refractivity contribution < 1.29 is 4.79 Å². The molecule has 25 heavy (non-hydrogen) atoms. The molecule has 1 amide bonds. The molecule has 1 fully saturated rings. The summed E-state index contributed by atoms with van der Waals surface area (Å²) in [4.78, 5) is 22.5. The van der Waals surface area contributed by atoms with Crippen molar-refractivity contribution in [1.29, 1.82) is 0 Å². The summed E-state index contributed by atoms with van der Waals surface area (Å²) in [5.41, 5.74) is 8.69. The second-order valence-electron chi connectivity index (χ2n) is 6.58. The van der Waals surface area contributed by atoms with Crippen LogP contribution in [0.5, 0.6) is 0 Å². The number of nitrogens with zero attached hydrogens (tertiary/aromatic N) is 4. The molecule has 3 heterocycles. The van der Waals surface area contributed by atoms with E-state index in [1.165, 1.54) is 5.56 Å². The van der Waals surface area contributed by atoms with Crippen LogP contribution in [0.25, 0.3) is 10.9 Å². The molecule has 1 aliphatic rings. The Morgan fingerprint density at radius 2 is 2.20 bits per heavy atom. The van der Waals surface area contributed by atoms with Crippen molar-refractivity contribution in [2.24, 2.45) is 5.73 Å². The van der Waals surface area contributed by atoms with Gasteiger partial charge in [0, 0.05) is 30.1 Å². The lowest BCUT2D eigenvalue weighted by Gasteiger charge is -2.33. The van der Waals surface area contributed by atoms with Crippen LogP contribution >= 0.6 is 0 Å². The molecule has 0 bridgehead atoms. The van der Waals surface area contributed by atoms with Crippen molar-refractivity contribution in [3.05, 3.63) is 47.5 Å². The molecule has 0 spiro atoms. The highest BCUT2D eigenvalue weighted by atomic mass is 16.1. The van der Waals surface area contributed by atoms with Crippen LogP contribution in [0.4, 0.5) is 5.82 Å². The predicted octanol–water partition coefficient (Wildman–Crippen LogP) is 2.14. The zero-order chi connectivity index (χ0) is 17.4. The van der Waals surface area contributed by atoms with Gasteiger partial charge in [-0.15, -0.1) is 0 Å². The third kappa shape index (κ3) is 2.93. The number of aromatic nitrogens is 4. The maximum Gasteiger partial charge on any atom is 0.269 e. The number of anilines is 1. The third-order valence-corrected chi connectivity index (χ3v) is 4.78. The van der Waals surface area contributed by atoms with Gasteiger partial charge in [0.25, 0.3) is 5.91 Å². The minimum atomic E-state index is -0.507. The van der Waals surface area contributed by atoms with E-state index >= 15 is 0 Å². The van der Waals surface area contributed by atoms with E-state index < -0.39 is 5.91 Å². The number of hydrogen-bond donors (Lipinski definition) is 2. The van der Waals surface area contributed by atoms with E-state index in [9.17, 15) is 4.79 Å². The first-order chi connectivity index (χ1) is 12.1. The van der Waals surface area contributed by atoms with Gasteiger partial charge in [-0.25, -0.2) is 9.97 Å². The van der Waals surface area contributed by atoms with Gasteiger partial charge in [-0.2, -0.15) is 5.10 Å². The van der Waals surface area contributed by atoms with E-state index in [-0.39, 0.29) is 11.6 Å². The van der Waals surface area contributed by atoms with E-state index in [1.807, 2.05) is 6.07 Å². The van der Waals surface area contributed by atoms with Gasteiger partial charge in [0.1, 0.15) is 17.8 Å². The predicted molar refractivity (Wildman–Crippen MR) is 95.6 cm³/mol. The fourth-order valence-corrected chi connectivity index (χ4v) is 3.50. The Balaban J connectivity index is 1.65. The monoisotopic (exact) mass is 336 g/mol. The number of rotatable bonds is 3. The maximum atomic E-state index is 11.3. The van der Waals surface area contributed by atoms with E-state index in [0.29, 0.717) is 0 Å². The van der Waals surface area contributed by atoms with Crippen molar-refractivity contribution in [3.63, 3.8) is 0 Å². The van der Waals surface area contributed by atoms with Gasteiger partial charge < -0.3 is 10.6 Å². The van der Waals surface area contributed by atoms with Crippen LogP contribution < -0.4 is 10.6 Å². The molecule has 1 atom stereocenters. The molecule has 1 saturated heterocycles. The maximum absolute atomic E-state index is 11.3. The molecule has 1 aliphatic heterocycles. The highest BCUT2D eigenvalue weighted by Gasteiger charge is 2.25. The Hall–Kier alpha value is -2.96. The molecule has 7 nitrogen and oxygen atoms in total. The van der Waals surface area contributed by atoms with Crippen molar-refractivity contribution in [3.8, 4) is 0 Å². The number of carbonyl (C=O) groups is 1. The number of carbonyl (C=O) groups excluding carboxylic acids is 1. The van der Waals surface area contributed by atoms with Gasteiger partial charge in [-0.05, 0) is 38.0 Å². The lowest BCUT2D eigenvalue weighted by molar-refractivity contribution is 0.0995. The highest BCUT2D eigenvalue weighted by molar-refractivity contribution is 5.91. The molecule has 3 N–H and O–H groups in total. The summed E-state index contributed by atoms with van der Waals surface area (Å²) in [6, 6.07) is 7.99. The summed E-state index contributed by atoms with van der Waals surface area (Å²) in [5, 5.41) is 8.05. The van der Waals surface area contributed by atoms with Crippen LogP contribution in [0.1, 0.15) is 40.5 Å². The third-order valence-electron chi connectivity index (χ3n) is 4.78. The van der Waals surface area contributed by atoms with E-state index in [1.54, 1.807) is 12.4 Å². The molecule has 0 aliphatic carbocycles. The summed E-state index contributed by atoms with van der Waals surface area (Å²) in [5.74, 6) is 0.727. The summed E-state index contributed by atoms with van der Waals surface area (Å²) >= 11 is 0. The number of H-pyrrole nitrogens is 1. The van der Waals surface area contributed by atoms with Gasteiger partial charge in [-0.1, -0.05) is 11.6 Å². The SMILES string of the molecule is Cc1ccc2ncnc(N3CCCC(c4cc(C(N)=O)n[nH]4)C3)c2c1. The molecular weight excluding hydrogens is 316 g/mol. The second-order valence-corrected chi connectivity index (χ2v) is 6.58. The van der Waals surface area contributed by atoms with Gasteiger partial charge in [0.15, 0.2) is 0 Å². The number of nitrogens with two attached hydrogens (primary N) is 1. The van der Waals surface area contributed by atoms with Crippen LogP contribution in [0.15, 0.2) is 30.6 Å². The number of piperidine rings is 1. The topological polar surface area (TPSA) is 101 Å². The molecule has 7 heteroatoms. The number of hydrogen-bond acceptors (Lipinski definition) is 5. The summed E-state index contributed by atoms with van der Waals surface area (Å²) in [6.45, 7) is 3.85. The van der Waals surface area contributed by atoms with E-state index in [2.05, 4.69) is 44.1 Å². The fourth-order valence-electron chi connectivity index (χ4n) is 3.50. The second kappa shape index (κ2) is 6.16. The molecule has 0 radical (unpaired) electrons. The lowest BCUT2D eigenvalue weighted by Crippen LogP contribution is -2.35. The van der Waals surface area contributed by atoms with Crippen molar-refractivity contribution in [1.82, 2.24) is 20.2 Å². The lowest BCUT2D eigenvalue weighted by atomic mass is 9.94. The zero-order valence-electron chi connectivity index (χ0n) is 14.1. The van der Waals surface area contributed by atoms with Crippen molar-refractivity contribution in [2.45, 2.75) is 25.7 Å². The van der Waals surface area contributed by atoms with Gasteiger partial charge in [0.2, 0.25) is 0 Å². The quantitative estimate of drug-likeness (QED) is 0.763. The number of amides is 1. The molecule has 1 unspecified atom stereocenters. The molecule has 2 aromatic heterocycles. The van der Waals surface area contributed by atoms with Gasteiger partial charge >= 0.3 is 0 Å². The Morgan fingerprint density at radius 3 is 3.00 bits per heavy atom. The Labute approximate surface area is 145 Å². The van der Waals surface area contributed by atoms with Crippen LogP contribution in [0.3, 0.4) is 0 Å². The largest absolute Gasteiger partial charge is 0.364 e. The van der Waals surface area contributed by atoms with Crippen molar-refractivity contribution in [2.75, 3.05) is 18.0 Å². The number of nitrogens with one attached hydrogen (secondary N) is 1. The van der Waals surface area contributed by atoms with E-state index in [4.69, 9.17) is 5.73 Å². The number of fused-ring (bicyclic) bond motifs is 1. The first-order valence-electron chi connectivity index (χ1n) is 8.43. The van der Waals surface area contributed by atoms with Crippen LogP contribution in [0.2, 0.25) is 0 Å². The molecular formula is C18H20N6O. The summed E-state index contributed by atoms with van der Waals surface area (Å²) < 4.78 is 0. The molecule has 1 aromatic carbocycles.